The molecule has 2 aromatic rings. The predicted octanol–water partition coefficient (Wildman–Crippen LogP) is 4.60. The van der Waals surface area contributed by atoms with Gasteiger partial charge in [0.1, 0.15) is 12.4 Å². The molecule has 0 spiro atoms. The number of hydrogen-bond acceptors (Lipinski definition) is 2. The maximum absolute atomic E-state index is 5.79. The lowest BCUT2D eigenvalue weighted by atomic mass is 10.3. The van der Waals surface area contributed by atoms with Crippen LogP contribution < -0.4 is 4.74 Å². The predicted molar refractivity (Wildman–Crippen MR) is 81.8 cm³/mol. The Morgan fingerprint density at radius 3 is 2.56 bits per heavy atom. The van der Waals surface area contributed by atoms with Crippen molar-refractivity contribution in [3.05, 3.63) is 43.0 Å². The van der Waals surface area contributed by atoms with E-state index in [1.807, 2.05) is 36.9 Å². The van der Waals surface area contributed by atoms with Gasteiger partial charge in [-0.25, -0.2) is 0 Å². The van der Waals surface area contributed by atoms with E-state index < -0.39 is 0 Å². The van der Waals surface area contributed by atoms with Gasteiger partial charge in [-0.15, -0.1) is 0 Å². The maximum Gasteiger partial charge on any atom is 0.134 e. The molecule has 0 bridgehead atoms. The fourth-order valence-corrected chi connectivity index (χ4v) is 3.19. The van der Waals surface area contributed by atoms with Gasteiger partial charge in [-0.1, -0.05) is 15.9 Å². The van der Waals surface area contributed by atoms with Gasteiger partial charge < -0.3 is 4.74 Å². The summed E-state index contributed by atoms with van der Waals surface area (Å²) in [4.78, 5) is 0. The largest absolute Gasteiger partial charge is 0.486 e. The number of ether oxygens (including phenoxy) is 1. The van der Waals surface area contributed by atoms with Crippen molar-refractivity contribution < 1.29 is 4.74 Å². The fourth-order valence-electron chi connectivity index (χ4n) is 1.58. The second kappa shape index (κ2) is 5.75. The lowest BCUT2D eigenvalue weighted by Gasteiger charge is -2.09. The molecule has 0 aliphatic heterocycles. The van der Waals surface area contributed by atoms with Gasteiger partial charge in [0, 0.05) is 11.5 Å². The first-order valence-electron chi connectivity index (χ1n) is 5.25. The molecule has 6 heteroatoms. The molecule has 0 saturated carbocycles. The first kappa shape index (κ1) is 14.1. The molecule has 1 aromatic heterocycles. The second-order valence-corrected chi connectivity index (χ2v) is 6.40. The number of halogens is 3. The van der Waals surface area contributed by atoms with Crippen molar-refractivity contribution in [2.24, 2.45) is 7.05 Å². The van der Waals surface area contributed by atoms with Crippen LogP contribution in [0.3, 0.4) is 0 Å². The molecular weight excluding hydrogens is 428 g/mol. The smallest absolute Gasteiger partial charge is 0.134 e. The van der Waals surface area contributed by atoms with E-state index in [0.29, 0.717) is 6.61 Å². The van der Waals surface area contributed by atoms with Crippen LogP contribution in [0, 0.1) is 6.92 Å². The Balaban J connectivity index is 2.16. The summed E-state index contributed by atoms with van der Waals surface area (Å²) < 4.78 is 10.6. The SMILES string of the molecule is Cc1nn(C)c(COc2ccc(Br)cc2Br)c1Br. The van der Waals surface area contributed by atoms with E-state index >= 15 is 0 Å². The van der Waals surface area contributed by atoms with E-state index in [1.54, 1.807) is 0 Å². The van der Waals surface area contributed by atoms with Gasteiger partial charge in [-0.3, -0.25) is 4.68 Å². The molecular formula is C12H11Br3N2O. The first-order chi connectivity index (χ1) is 8.49. The Kier molecular flexibility index (Phi) is 4.50. The van der Waals surface area contributed by atoms with E-state index in [-0.39, 0.29) is 0 Å². The molecule has 0 fully saturated rings. The van der Waals surface area contributed by atoms with Crippen LogP contribution >= 0.6 is 47.8 Å². The molecule has 0 N–H and O–H groups in total. The van der Waals surface area contributed by atoms with Gasteiger partial charge in [0.05, 0.1) is 20.3 Å². The molecule has 0 unspecified atom stereocenters. The van der Waals surface area contributed by atoms with Crippen LogP contribution in [0.5, 0.6) is 5.75 Å². The number of aryl methyl sites for hydroxylation is 2. The van der Waals surface area contributed by atoms with Crippen molar-refractivity contribution in [2.45, 2.75) is 13.5 Å². The summed E-state index contributed by atoms with van der Waals surface area (Å²) in [5, 5.41) is 4.33. The van der Waals surface area contributed by atoms with Crippen molar-refractivity contribution in [1.82, 2.24) is 9.78 Å². The fraction of sp³-hybridized carbons (Fsp3) is 0.250. The highest BCUT2D eigenvalue weighted by Crippen LogP contribution is 2.29. The Bertz CT molecular complexity index is 581. The number of rotatable bonds is 3. The van der Waals surface area contributed by atoms with Crippen molar-refractivity contribution in [3.63, 3.8) is 0 Å². The minimum absolute atomic E-state index is 0.470. The standard InChI is InChI=1S/C12H11Br3N2O/c1-7-12(15)10(17(2)16-7)6-18-11-4-3-8(13)5-9(11)14/h3-5H,6H2,1-2H3. The zero-order chi connectivity index (χ0) is 13.3. The van der Waals surface area contributed by atoms with E-state index in [1.165, 1.54) is 0 Å². The van der Waals surface area contributed by atoms with Gasteiger partial charge in [-0.2, -0.15) is 5.10 Å². The normalized spacial score (nSPS) is 10.7. The monoisotopic (exact) mass is 436 g/mol. The summed E-state index contributed by atoms with van der Waals surface area (Å²) in [5.41, 5.74) is 1.98. The van der Waals surface area contributed by atoms with Crippen molar-refractivity contribution in [1.29, 1.82) is 0 Å². The van der Waals surface area contributed by atoms with Crippen LogP contribution in [-0.4, -0.2) is 9.78 Å². The molecule has 0 saturated heterocycles. The van der Waals surface area contributed by atoms with Crippen molar-refractivity contribution in [3.8, 4) is 5.75 Å². The second-order valence-electron chi connectivity index (χ2n) is 3.83. The van der Waals surface area contributed by atoms with E-state index in [4.69, 9.17) is 4.74 Å². The van der Waals surface area contributed by atoms with E-state index in [0.717, 1.165) is 30.6 Å². The molecule has 1 heterocycles. The molecule has 3 nitrogen and oxygen atoms in total. The zero-order valence-corrected chi connectivity index (χ0v) is 14.6. The summed E-state index contributed by atoms with van der Waals surface area (Å²) in [7, 11) is 1.91. The summed E-state index contributed by atoms with van der Waals surface area (Å²) in [6, 6.07) is 5.83. The molecule has 0 amide bonds. The highest BCUT2D eigenvalue weighted by molar-refractivity contribution is 9.11. The van der Waals surface area contributed by atoms with Crippen LogP contribution in [-0.2, 0) is 13.7 Å². The number of benzene rings is 1. The highest BCUT2D eigenvalue weighted by Gasteiger charge is 2.11. The van der Waals surface area contributed by atoms with Crippen LogP contribution in [0.4, 0.5) is 0 Å². The van der Waals surface area contributed by atoms with Crippen molar-refractivity contribution >= 4 is 47.8 Å². The van der Waals surface area contributed by atoms with Crippen LogP contribution in [0.2, 0.25) is 0 Å². The molecule has 18 heavy (non-hydrogen) atoms. The third kappa shape index (κ3) is 2.97. The van der Waals surface area contributed by atoms with Gasteiger partial charge in [-0.05, 0) is 57.0 Å². The average Bonchev–Trinajstić information content (AvgIpc) is 2.53. The van der Waals surface area contributed by atoms with Gasteiger partial charge in [0.15, 0.2) is 0 Å². The summed E-state index contributed by atoms with van der Waals surface area (Å²) in [5.74, 6) is 0.809. The van der Waals surface area contributed by atoms with Crippen LogP contribution in [0.1, 0.15) is 11.4 Å². The van der Waals surface area contributed by atoms with Crippen LogP contribution in [0.15, 0.2) is 31.6 Å². The minimum atomic E-state index is 0.470. The molecule has 1 aromatic carbocycles. The van der Waals surface area contributed by atoms with E-state index in [2.05, 4.69) is 52.9 Å². The topological polar surface area (TPSA) is 27.1 Å². The summed E-state index contributed by atoms with van der Waals surface area (Å²) in [6.07, 6.45) is 0. The Morgan fingerprint density at radius 1 is 1.28 bits per heavy atom. The van der Waals surface area contributed by atoms with Gasteiger partial charge in [0.2, 0.25) is 0 Å². The molecule has 0 atom stereocenters. The maximum atomic E-state index is 5.79. The summed E-state index contributed by atoms with van der Waals surface area (Å²) >= 11 is 10.4. The van der Waals surface area contributed by atoms with Crippen LogP contribution in [0.25, 0.3) is 0 Å². The zero-order valence-electron chi connectivity index (χ0n) is 9.88. The van der Waals surface area contributed by atoms with E-state index in [9.17, 15) is 0 Å². The molecule has 96 valence electrons. The molecule has 2 rings (SSSR count). The first-order valence-corrected chi connectivity index (χ1v) is 7.62. The third-order valence-corrected chi connectivity index (χ3v) is 4.66. The third-order valence-electron chi connectivity index (χ3n) is 2.52. The number of aromatic nitrogens is 2. The Hall–Kier alpha value is -0.330. The quantitative estimate of drug-likeness (QED) is 0.700. The lowest BCUT2D eigenvalue weighted by Crippen LogP contribution is -2.04. The Morgan fingerprint density at radius 2 is 2.00 bits per heavy atom. The Labute approximate surface area is 131 Å². The molecule has 0 radical (unpaired) electrons. The highest BCUT2D eigenvalue weighted by atomic mass is 79.9. The average molecular weight is 439 g/mol. The van der Waals surface area contributed by atoms with Gasteiger partial charge >= 0.3 is 0 Å². The van der Waals surface area contributed by atoms with Crippen molar-refractivity contribution in [2.75, 3.05) is 0 Å². The molecule has 0 aliphatic carbocycles. The number of hydrogen-bond donors (Lipinski definition) is 0. The minimum Gasteiger partial charge on any atom is -0.486 e. The summed E-state index contributed by atoms with van der Waals surface area (Å²) in [6.45, 7) is 2.43. The van der Waals surface area contributed by atoms with Gasteiger partial charge in [0.25, 0.3) is 0 Å². The number of nitrogens with zero attached hydrogens (tertiary/aromatic N) is 2. The molecule has 0 aliphatic rings. The lowest BCUT2D eigenvalue weighted by molar-refractivity contribution is 0.292.